The summed E-state index contributed by atoms with van der Waals surface area (Å²) in [7, 11) is 0. The van der Waals surface area contributed by atoms with Crippen LogP contribution in [0, 0.1) is 0 Å². The lowest BCUT2D eigenvalue weighted by molar-refractivity contribution is 1.42. The fourth-order valence-electron chi connectivity index (χ4n) is 1.26. The van der Waals surface area contributed by atoms with Gasteiger partial charge in [-0.3, -0.25) is 0 Å². The van der Waals surface area contributed by atoms with E-state index in [4.69, 9.17) is 5.73 Å². The van der Waals surface area contributed by atoms with Crippen molar-refractivity contribution in [3.05, 3.63) is 54.0 Å². The number of aromatic nitrogens is 2. The maximum Gasteiger partial charge on any atom is 0.124 e. The summed E-state index contributed by atoms with van der Waals surface area (Å²) in [6.45, 7) is 0. The summed E-state index contributed by atoms with van der Waals surface area (Å²) >= 11 is 1.46. The number of benzene rings is 1. The van der Waals surface area contributed by atoms with Crippen LogP contribution in [0.15, 0.2) is 54.0 Å². The molecule has 1 aromatic carbocycles. The number of fused-ring (bicyclic) bond motifs is 1. The minimum Gasteiger partial charge on any atom is -0.384 e. The Bertz CT molecular complexity index is 532. The van der Waals surface area contributed by atoms with Gasteiger partial charge in [0.05, 0.1) is 5.52 Å². The van der Waals surface area contributed by atoms with Gasteiger partial charge in [-0.1, -0.05) is 18.2 Å². The van der Waals surface area contributed by atoms with Gasteiger partial charge in [0, 0.05) is 17.0 Å². The summed E-state index contributed by atoms with van der Waals surface area (Å²) in [5, 5.41) is 3.06. The van der Waals surface area contributed by atoms with Gasteiger partial charge in [-0.2, -0.15) is 0 Å². The van der Waals surface area contributed by atoms with Crippen LogP contribution in [0.1, 0.15) is 0 Å². The van der Waals surface area contributed by atoms with Crippen LogP contribution in [0.2, 0.25) is 0 Å². The van der Waals surface area contributed by atoms with Crippen LogP contribution in [-0.2, 0) is 0 Å². The van der Waals surface area contributed by atoms with Crippen molar-refractivity contribution in [3.8, 4) is 0 Å². The van der Waals surface area contributed by atoms with Crippen LogP contribution >= 0.6 is 11.5 Å². The third kappa shape index (κ3) is 2.77. The number of nitrogens with two attached hydrogens (primary N) is 1. The van der Waals surface area contributed by atoms with E-state index in [2.05, 4.69) is 9.36 Å². The van der Waals surface area contributed by atoms with E-state index < -0.39 is 0 Å². The number of para-hydroxylation sites is 1. The minimum atomic E-state index is 0.573. The molecule has 0 fully saturated rings. The predicted octanol–water partition coefficient (Wildman–Crippen LogP) is 2.96. The highest BCUT2D eigenvalue weighted by Gasteiger charge is 1.91. The van der Waals surface area contributed by atoms with Crippen molar-refractivity contribution >= 4 is 28.3 Å². The Hall–Kier alpha value is -1.94. The molecule has 80 valence electrons. The molecule has 4 heteroatoms. The van der Waals surface area contributed by atoms with Crippen molar-refractivity contribution < 1.29 is 0 Å². The van der Waals surface area contributed by atoms with Crippen molar-refractivity contribution in [3.63, 3.8) is 0 Å². The Labute approximate surface area is 97.7 Å². The Morgan fingerprint density at radius 1 is 1.00 bits per heavy atom. The molecule has 0 radical (unpaired) electrons. The van der Waals surface area contributed by atoms with Crippen molar-refractivity contribution in [1.82, 2.24) is 9.36 Å². The Balaban J connectivity index is 0.000000162. The van der Waals surface area contributed by atoms with Gasteiger partial charge in [0.15, 0.2) is 0 Å². The van der Waals surface area contributed by atoms with Gasteiger partial charge < -0.3 is 5.73 Å². The molecule has 0 bridgehead atoms. The number of pyridine rings is 1. The van der Waals surface area contributed by atoms with Crippen molar-refractivity contribution in [2.24, 2.45) is 0 Å². The van der Waals surface area contributed by atoms with E-state index >= 15 is 0 Å². The van der Waals surface area contributed by atoms with E-state index in [-0.39, 0.29) is 0 Å². The van der Waals surface area contributed by atoms with E-state index in [1.165, 1.54) is 11.5 Å². The highest BCUT2D eigenvalue weighted by atomic mass is 32.1. The van der Waals surface area contributed by atoms with Gasteiger partial charge in [0.25, 0.3) is 0 Å². The first-order valence-corrected chi connectivity index (χ1v) is 5.65. The Kier molecular flexibility index (Phi) is 3.46. The van der Waals surface area contributed by atoms with Crippen molar-refractivity contribution in [2.75, 3.05) is 5.73 Å². The van der Waals surface area contributed by atoms with Crippen molar-refractivity contribution in [1.29, 1.82) is 0 Å². The minimum absolute atomic E-state index is 0.573. The highest BCUT2D eigenvalue weighted by molar-refractivity contribution is 7.03. The van der Waals surface area contributed by atoms with Gasteiger partial charge in [-0.25, -0.2) is 9.36 Å². The molecule has 3 aromatic rings. The molecule has 0 amide bonds. The molecule has 3 nitrogen and oxygen atoms in total. The largest absolute Gasteiger partial charge is 0.384 e. The second-order valence-corrected chi connectivity index (χ2v) is 3.81. The zero-order valence-corrected chi connectivity index (χ0v) is 9.39. The normalized spacial score (nSPS) is 9.50. The van der Waals surface area contributed by atoms with Gasteiger partial charge in [-0.15, -0.1) is 0 Å². The van der Waals surface area contributed by atoms with Crippen LogP contribution in [0.5, 0.6) is 0 Å². The molecule has 2 heterocycles. The molecule has 0 spiro atoms. The maximum absolute atomic E-state index is 5.51. The van der Waals surface area contributed by atoms with Gasteiger partial charge in [0.1, 0.15) is 5.82 Å². The smallest absolute Gasteiger partial charge is 0.124 e. The molecular weight excluding hydrogens is 218 g/mol. The van der Waals surface area contributed by atoms with Gasteiger partial charge in [0.2, 0.25) is 0 Å². The van der Waals surface area contributed by atoms with Crippen LogP contribution in [0.3, 0.4) is 0 Å². The van der Waals surface area contributed by atoms with Crippen LogP contribution in [-0.4, -0.2) is 9.36 Å². The molecule has 16 heavy (non-hydrogen) atoms. The third-order valence-corrected chi connectivity index (χ3v) is 2.49. The molecule has 0 saturated heterocycles. The second kappa shape index (κ2) is 5.23. The summed E-state index contributed by atoms with van der Waals surface area (Å²) in [4.78, 5) is 4.15. The van der Waals surface area contributed by atoms with Crippen LogP contribution < -0.4 is 5.73 Å². The Morgan fingerprint density at radius 3 is 2.56 bits per heavy atom. The number of nitrogen functional groups attached to an aromatic ring is 1. The fraction of sp³-hybridized carbons (Fsp3) is 0. The molecule has 0 aliphatic carbocycles. The zero-order valence-electron chi connectivity index (χ0n) is 8.58. The quantitative estimate of drug-likeness (QED) is 0.644. The molecule has 0 unspecified atom stereocenters. The molecular formula is C12H11N3S. The molecule has 2 N–H and O–H groups in total. The van der Waals surface area contributed by atoms with E-state index in [0.717, 1.165) is 10.9 Å². The number of nitrogens with zero attached hydrogens (tertiary/aromatic N) is 2. The predicted molar refractivity (Wildman–Crippen MR) is 68.3 cm³/mol. The van der Waals surface area contributed by atoms with Crippen LogP contribution in [0.4, 0.5) is 5.82 Å². The average molecular weight is 229 g/mol. The van der Waals surface area contributed by atoms with E-state index in [1.54, 1.807) is 6.20 Å². The molecule has 0 atom stereocenters. The van der Waals surface area contributed by atoms with Gasteiger partial charge in [-0.05, 0) is 35.8 Å². The third-order valence-electron chi connectivity index (χ3n) is 1.97. The number of anilines is 1. The Morgan fingerprint density at radius 2 is 1.88 bits per heavy atom. The number of rotatable bonds is 0. The van der Waals surface area contributed by atoms with E-state index in [1.807, 2.05) is 47.8 Å². The standard InChI is InChI=1S/C9H8N2.C3H3NS/c10-9-6-5-7-3-1-2-4-8(7)11-9;1-2-4-5-3-1/h1-6H,(H2,10,11);1-3H. The topological polar surface area (TPSA) is 51.8 Å². The fourth-order valence-corrected chi connectivity index (χ4v) is 1.61. The molecule has 3 rings (SSSR count). The molecule has 2 aromatic heterocycles. The highest BCUT2D eigenvalue weighted by Crippen LogP contribution is 2.11. The molecule has 0 aliphatic heterocycles. The first kappa shape index (κ1) is 10.6. The number of hydrogen-bond donors (Lipinski definition) is 1. The van der Waals surface area contributed by atoms with Crippen molar-refractivity contribution in [2.45, 2.75) is 0 Å². The van der Waals surface area contributed by atoms with E-state index in [9.17, 15) is 0 Å². The maximum atomic E-state index is 5.51. The molecule has 0 aliphatic rings. The monoisotopic (exact) mass is 229 g/mol. The summed E-state index contributed by atoms with van der Waals surface area (Å²) in [6.07, 6.45) is 1.77. The first-order chi connectivity index (χ1) is 7.86. The lowest BCUT2D eigenvalue weighted by Gasteiger charge is -1.95. The zero-order chi connectivity index (χ0) is 11.2. The summed E-state index contributed by atoms with van der Waals surface area (Å²) in [5.41, 5.74) is 6.46. The lowest BCUT2D eigenvalue weighted by Crippen LogP contribution is -1.88. The second-order valence-electron chi connectivity index (χ2n) is 3.12. The van der Waals surface area contributed by atoms with E-state index in [0.29, 0.717) is 5.82 Å². The van der Waals surface area contributed by atoms with Gasteiger partial charge >= 0.3 is 0 Å². The summed E-state index contributed by atoms with van der Waals surface area (Å²) < 4.78 is 3.76. The SMILES string of the molecule is Nc1ccc2ccccc2n1.c1cnsc1. The summed E-state index contributed by atoms with van der Waals surface area (Å²) in [6, 6.07) is 13.6. The first-order valence-electron chi connectivity index (χ1n) is 4.82. The average Bonchev–Trinajstić information content (AvgIpc) is 2.87. The molecule has 0 saturated carbocycles. The number of hydrogen-bond acceptors (Lipinski definition) is 4. The lowest BCUT2D eigenvalue weighted by atomic mass is 10.2. The summed E-state index contributed by atoms with van der Waals surface area (Å²) in [5.74, 6) is 0.573. The van der Waals surface area contributed by atoms with Crippen LogP contribution in [0.25, 0.3) is 10.9 Å².